The number of ether oxygens (including phenoxy) is 1. The van der Waals surface area contributed by atoms with Gasteiger partial charge in [0.25, 0.3) is 5.91 Å². The Morgan fingerprint density at radius 3 is 2.67 bits per heavy atom. The monoisotopic (exact) mass is 468 g/mol. The first-order valence-corrected chi connectivity index (χ1v) is 11.8. The fourth-order valence-electron chi connectivity index (χ4n) is 4.06. The molecule has 2 heterocycles. The van der Waals surface area contributed by atoms with Gasteiger partial charge < -0.3 is 19.5 Å². The third kappa shape index (κ3) is 6.12. The van der Waals surface area contributed by atoms with Crippen LogP contribution in [0.25, 0.3) is 11.0 Å². The standard InChI is InChI=1S/C25H29ClN4O3/c26-20-8-6-7-19(17-20)25(32)27-12-5-1-2-11-23-28-21-9-3-4-10-22(21)30(23)18-24(31)29-13-15-33-16-14-29/h3-4,6-10,17H,1-2,5,11-16,18H2,(H,27,32). The molecule has 0 atom stereocenters. The molecule has 174 valence electrons. The molecule has 8 heteroatoms. The highest BCUT2D eigenvalue weighted by Crippen LogP contribution is 2.18. The van der Waals surface area contributed by atoms with Gasteiger partial charge in [0.05, 0.1) is 24.2 Å². The number of unbranched alkanes of at least 4 members (excludes halogenated alkanes) is 2. The molecule has 1 aliphatic rings. The topological polar surface area (TPSA) is 76.5 Å². The average molecular weight is 469 g/mol. The van der Waals surface area contributed by atoms with Gasteiger partial charge in [-0.2, -0.15) is 0 Å². The number of fused-ring (bicyclic) bond motifs is 1. The highest BCUT2D eigenvalue weighted by Gasteiger charge is 2.20. The van der Waals surface area contributed by atoms with E-state index in [1.165, 1.54) is 0 Å². The number of halogens is 1. The Morgan fingerprint density at radius 2 is 1.85 bits per heavy atom. The van der Waals surface area contributed by atoms with Crippen LogP contribution in [-0.2, 0) is 22.5 Å². The van der Waals surface area contributed by atoms with E-state index in [1.807, 2.05) is 33.7 Å². The van der Waals surface area contributed by atoms with Crippen LogP contribution in [0.2, 0.25) is 5.02 Å². The van der Waals surface area contributed by atoms with Crippen molar-refractivity contribution in [3.63, 3.8) is 0 Å². The zero-order valence-corrected chi connectivity index (χ0v) is 19.4. The maximum Gasteiger partial charge on any atom is 0.251 e. The van der Waals surface area contributed by atoms with E-state index in [2.05, 4.69) is 5.32 Å². The minimum Gasteiger partial charge on any atom is -0.378 e. The van der Waals surface area contributed by atoms with Gasteiger partial charge in [-0.05, 0) is 43.2 Å². The summed E-state index contributed by atoms with van der Waals surface area (Å²) in [6.45, 7) is 3.38. The Labute approximate surface area is 198 Å². The second kappa shape index (κ2) is 11.3. The highest BCUT2D eigenvalue weighted by molar-refractivity contribution is 6.30. The third-order valence-electron chi connectivity index (χ3n) is 5.84. The minimum absolute atomic E-state index is 0.103. The predicted molar refractivity (Wildman–Crippen MR) is 128 cm³/mol. The van der Waals surface area contributed by atoms with E-state index < -0.39 is 0 Å². The van der Waals surface area contributed by atoms with Crippen LogP contribution in [0.1, 0.15) is 35.4 Å². The van der Waals surface area contributed by atoms with Crippen LogP contribution in [0.4, 0.5) is 0 Å². The molecule has 0 unspecified atom stereocenters. The molecular weight excluding hydrogens is 440 g/mol. The molecule has 0 saturated carbocycles. The first-order valence-electron chi connectivity index (χ1n) is 11.5. The number of benzene rings is 2. The Morgan fingerprint density at radius 1 is 1.03 bits per heavy atom. The average Bonchev–Trinajstić information content (AvgIpc) is 3.18. The van der Waals surface area contributed by atoms with Crippen LogP contribution in [0.5, 0.6) is 0 Å². The number of imidazole rings is 1. The fourth-order valence-corrected chi connectivity index (χ4v) is 4.25. The van der Waals surface area contributed by atoms with E-state index in [4.69, 9.17) is 21.3 Å². The maximum atomic E-state index is 12.9. The zero-order valence-electron chi connectivity index (χ0n) is 18.6. The van der Waals surface area contributed by atoms with Crippen molar-refractivity contribution in [3.05, 3.63) is 64.9 Å². The summed E-state index contributed by atoms with van der Waals surface area (Å²) < 4.78 is 7.41. The summed E-state index contributed by atoms with van der Waals surface area (Å²) >= 11 is 5.95. The summed E-state index contributed by atoms with van der Waals surface area (Å²) in [5, 5.41) is 3.49. The maximum absolute atomic E-state index is 12.9. The first kappa shape index (κ1) is 23.3. The first-order chi connectivity index (χ1) is 16.1. The predicted octanol–water partition coefficient (Wildman–Crippen LogP) is 3.69. The third-order valence-corrected chi connectivity index (χ3v) is 6.08. The molecule has 1 aliphatic heterocycles. The van der Waals surface area contributed by atoms with Crippen molar-refractivity contribution in [1.82, 2.24) is 19.8 Å². The molecule has 1 aromatic heterocycles. The molecule has 3 aromatic rings. The van der Waals surface area contributed by atoms with Crippen LogP contribution in [0, 0.1) is 0 Å². The lowest BCUT2D eigenvalue weighted by Crippen LogP contribution is -2.42. The number of para-hydroxylation sites is 2. The van der Waals surface area contributed by atoms with Crippen LogP contribution in [-0.4, -0.2) is 59.1 Å². The van der Waals surface area contributed by atoms with Crippen molar-refractivity contribution < 1.29 is 14.3 Å². The molecular formula is C25H29ClN4O3. The smallest absolute Gasteiger partial charge is 0.251 e. The van der Waals surface area contributed by atoms with E-state index in [0.29, 0.717) is 50.0 Å². The van der Waals surface area contributed by atoms with E-state index >= 15 is 0 Å². The number of carbonyl (C=O) groups excluding carboxylic acids is 2. The summed E-state index contributed by atoms with van der Waals surface area (Å²) in [6, 6.07) is 14.9. The summed E-state index contributed by atoms with van der Waals surface area (Å²) in [5.74, 6) is 0.924. The van der Waals surface area contributed by atoms with Crippen molar-refractivity contribution >= 4 is 34.4 Å². The molecule has 1 saturated heterocycles. The van der Waals surface area contributed by atoms with Gasteiger partial charge in [-0.3, -0.25) is 9.59 Å². The number of morpholine rings is 1. The SMILES string of the molecule is O=C(NCCCCCc1nc2ccccc2n1CC(=O)N1CCOCC1)c1cccc(Cl)c1. The number of hydrogen-bond donors (Lipinski definition) is 1. The van der Waals surface area contributed by atoms with Crippen LogP contribution in [0.15, 0.2) is 48.5 Å². The number of rotatable bonds is 9. The Kier molecular flexibility index (Phi) is 7.96. The largest absolute Gasteiger partial charge is 0.378 e. The number of nitrogens with zero attached hydrogens (tertiary/aromatic N) is 3. The van der Waals surface area contributed by atoms with Crippen LogP contribution >= 0.6 is 11.6 Å². The number of hydrogen-bond acceptors (Lipinski definition) is 4. The molecule has 0 bridgehead atoms. The van der Waals surface area contributed by atoms with Gasteiger partial charge in [0.1, 0.15) is 12.4 Å². The van der Waals surface area contributed by atoms with Gasteiger partial charge in [-0.25, -0.2) is 4.98 Å². The zero-order chi connectivity index (χ0) is 23.0. The second-order valence-electron chi connectivity index (χ2n) is 8.17. The quantitative estimate of drug-likeness (QED) is 0.486. The van der Waals surface area contributed by atoms with Crippen molar-refractivity contribution in [2.45, 2.75) is 32.2 Å². The Balaban J connectivity index is 1.29. The molecule has 0 spiro atoms. The van der Waals surface area contributed by atoms with E-state index in [9.17, 15) is 9.59 Å². The highest BCUT2D eigenvalue weighted by atomic mass is 35.5. The fraction of sp³-hybridized carbons (Fsp3) is 0.400. The molecule has 2 amide bonds. The lowest BCUT2D eigenvalue weighted by Gasteiger charge is -2.27. The van der Waals surface area contributed by atoms with E-state index in [0.717, 1.165) is 42.5 Å². The van der Waals surface area contributed by atoms with Crippen molar-refractivity contribution in [3.8, 4) is 0 Å². The number of carbonyl (C=O) groups is 2. The summed E-state index contributed by atoms with van der Waals surface area (Å²) in [6.07, 6.45) is 3.55. The number of nitrogens with one attached hydrogen (secondary N) is 1. The molecule has 4 rings (SSSR count). The van der Waals surface area contributed by atoms with Crippen molar-refractivity contribution in [2.24, 2.45) is 0 Å². The lowest BCUT2D eigenvalue weighted by molar-refractivity contribution is -0.135. The number of aromatic nitrogens is 2. The number of amides is 2. The van der Waals surface area contributed by atoms with Crippen LogP contribution < -0.4 is 5.32 Å². The molecule has 7 nitrogen and oxygen atoms in total. The molecule has 33 heavy (non-hydrogen) atoms. The lowest BCUT2D eigenvalue weighted by atomic mass is 10.1. The second-order valence-corrected chi connectivity index (χ2v) is 8.61. The van der Waals surface area contributed by atoms with E-state index in [1.54, 1.807) is 24.3 Å². The molecule has 1 N–H and O–H groups in total. The van der Waals surface area contributed by atoms with Crippen molar-refractivity contribution in [1.29, 1.82) is 0 Å². The summed E-state index contributed by atoms with van der Waals surface area (Å²) in [5.41, 5.74) is 2.47. The summed E-state index contributed by atoms with van der Waals surface area (Å²) in [4.78, 5) is 31.7. The van der Waals surface area contributed by atoms with Gasteiger partial charge in [-0.15, -0.1) is 0 Å². The normalized spacial score (nSPS) is 13.9. The Bertz CT molecular complexity index is 1110. The molecule has 0 radical (unpaired) electrons. The van der Waals surface area contributed by atoms with Gasteiger partial charge in [0.2, 0.25) is 5.91 Å². The Hall–Kier alpha value is -2.90. The van der Waals surface area contributed by atoms with Gasteiger partial charge in [0.15, 0.2) is 0 Å². The van der Waals surface area contributed by atoms with Gasteiger partial charge in [-0.1, -0.05) is 36.2 Å². The van der Waals surface area contributed by atoms with Gasteiger partial charge >= 0.3 is 0 Å². The van der Waals surface area contributed by atoms with Gasteiger partial charge in [0, 0.05) is 36.6 Å². The minimum atomic E-state index is -0.110. The van der Waals surface area contributed by atoms with E-state index in [-0.39, 0.29) is 11.8 Å². The molecule has 1 fully saturated rings. The molecule has 2 aromatic carbocycles. The summed E-state index contributed by atoms with van der Waals surface area (Å²) in [7, 11) is 0. The van der Waals surface area contributed by atoms with Crippen LogP contribution in [0.3, 0.4) is 0 Å². The van der Waals surface area contributed by atoms with Crippen molar-refractivity contribution in [2.75, 3.05) is 32.8 Å². The number of aryl methyl sites for hydroxylation is 1. The molecule has 0 aliphatic carbocycles.